The number of hydrogen-bond acceptors (Lipinski definition) is 18. The summed E-state index contributed by atoms with van der Waals surface area (Å²) in [7, 11) is 1.46. The molecule has 0 radical (unpaired) electrons. The number of carbonyl (C=O) groups is 7. The Balaban J connectivity index is 1.14. The Morgan fingerprint density at radius 3 is 1.86 bits per heavy atom. The van der Waals surface area contributed by atoms with Crippen LogP contribution in [0.1, 0.15) is 75.3 Å². The zero-order chi connectivity index (χ0) is 61.2. The van der Waals surface area contributed by atoms with Crippen LogP contribution in [-0.4, -0.2) is 101 Å². The van der Waals surface area contributed by atoms with Crippen LogP contribution in [0.4, 0.5) is 0 Å². The Bertz CT molecular complexity index is 4040. The molecule has 13 rings (SSSR count). The van der Waals surface area contributed by atoms with Gasteiger partial charge in [0, 0.05) is 40.8 Å². The molecule has 0 saturated heterocycles. The van der Waals surface area contributed by atoms with E-state index in [0.29, 0.717) is 5.56 Å². The molecular formula is C59H47Cl2N7O18. The van der Waals surface area contributed by atoms with Gasteiger partial charge in [-0.3, -0.25) is 28.8 Å². The number of phenolic OH excluding ortho intramolecular Hbond substituents is 6. The number of carboxylic acids is 1. The molecule has 6 amide bonds. The molecule has 0 aromatic heterocycles. The number of fused-ring (bicyclic) bond motifs is 14. The molecule has 86 heavy (non-hydrogen) atoms. The number of phenols is 6. The first-order chi connectivity index (χ1) is 41.0. The highest BCUT2D eigenvalue weighted by atomic mass is 35.5. The molecule has 7 unspecified atom stereocenters. The van der Waals surface area contributed by atoms with Crippen molar-refractivity contribution in [3.8, 4) is 80.1 Å². The summed E-state index contributed by atoms with van der Waals surface area (Å²) in [4.78, 5) is 103. The van der Waals surface area contributed by atoms with Gasteiger partial charge in [-0.25, -0.2) is 4.79 Å². The zero-order valence-corrected chi connectivity index (χ0v) is 45.7. The second kappa shape index (κ2) is 22.6. The summed E-state index contributed by atoms with van der Waals surface area (Å²) in [6, 6.07) is 9.35. The topological polar surface area (TPSA) is 393 Å². The van der Waals surface area contributed by atoms with Crippen LogP contribution in [0.15, 0.2) is 115 Å². The summed E-state index contributed by atoms with van der Waals surface area (Å²) >= 11 is 13.6. The smallest absolute Gasteiger partial charge is 0.330 e. The van der Waals surface area contributed by atoms with Crippen LogP contribution in [0.5, 0.6) is 69.0 Å². The lowest BCUT2D eigenvalue weighted by Crippen LogP contribution is -2.55. The molecular weight excluding hydrogens is 1170 g/mol. The van der Waals surface area contributed by atoms with Gasteiger partial charge in [0.15, 0.2) is 29.0 Å². The number of carboxylic acid groups (broad SMARTS) is 1. The highest BCUT2D eigenvalue weighted by molar-refractivity contribution is 6.33. The summed E-state index contributed by atoms with van der Waals surface area (Å²) in [6.45, 7) is 0. The lowest BCUT2D eigenvalue weighted by Gasteiger charge is -2.31. The molecule has 0 fully saturated rings. The largest absolute Gasteiger partial charge is 0.508 e. The maximum absolute atomic E-state index is 15.7. The third-order valence-electron chi connectivity index (χ3n) is 14.7. The maximum Gasteiger partial charge on any atom is 0.330 e. The van der Waals surface area contributed by atoms with E-state index in [9.17, 15) is 60.0 Å². The second-order valence-corrected chi connectivity index (χ2v) is 21.1. The summed E-state index contributed by atoms with van der Waals surface area (Å²) in [5.41, 5.74) is -1.87. The summed E-state index contributed by atoms with van der Waals surface area (Å²) < 4.78 is 18.5. The van der Waals surface area contributed by atoms with Crippen LogP contribution in [0.2, 0.25) is 10.0 Å². The number of nitrogens with one attached hydrogen (secondary N) is 7. The first kappa shape index (κ1) is 57.4. The van der Waals surface area contributed by atoms with Crippen molar-refractivity contribution in [1.82, 2.24) is 37.2 Å². The van der Waals surface area contributed by atoms with E-state index < -0.39 is 163 Å². The molecule has 0 spiro atoms. The van der Waals surface area contributed by atoms with Crippen LogP contribution in [-0.2, 0) is 40.0 Å². The van der Waals surface area contributed by atoms with Gasteiger partial charge in [-0.05, 0) is 108 Å². The van der Waals surface area contributed by atoms with E-state index in [4.69, 9.17) is 37.4 Å². The molecule has 17 bridgehead atoms. The quantitative estimate of drug-likeness (QED) is 0.105. The summed E-state index contributed by atoms with van der Waals surface area (Å²) in [5.74, 6) is -14.6. The average Bonchev–Trinajstić information content (AvgIpc) is 2.35. The van der Waals surface area contributed by atoms with Gasteiger partial charge in [0.2, 0.25) is 41.2 Å². The minimum atomic E-state index is -2.19. The number of aliphatic carboxylic acids is 1. The average molecular weight is 1210 g/mol. The predicted octanol–water partition coefficient (Wildman–Crippen LogP) is 5.25. The first-order valence-electron chi connectivity index (χ1n) is 26.0. The molecule has 6 aliphatic rings. The molecule has 440 valence electrons. The minimum absolute atomic E-state index is 0.0430. The third-order valence-corrected chi connectivity index (χ3v) is 15.4. The Labute approximate surface area is 494 Å². The Morgan fingerprint density at radius 2 is 1.15 bits per heavy atom. The van der Waals surface area contributed by atoms with Gasteiger partial charge in [-0.2, -0.15) is 0 Å². The number of aliphatic hydroxyl groups excluding tert-OH is 1. The molecule has 15 N–H and O–H groups in total. The van der Waals surface area contributed by atoms with Gasteiger partial charge in [0.1, 0.15) is 82.6 Å². The van der Waals surface area contributed by atoms with Gasteiger partial charge >= 0.3 is 5.97 Å². The van der Waals surface area contributed by atoms with Crippen molar-refractivity contribution in [1.29, 1.82) is 0 Å². The van der Waals surface area contributed by atoms with E-state index in [1.165, 1.54) is 61.6 Å². The fourth-order valence-corrected chi connectivity index (χ4v) is 10.9. The molecule has 7 aromatic carbocycles. The molecule has 25 nitrogen and oxygen atoms in total. The standard InChI is InChI=1S/C59H47Cl2N7O18/c1-62-45-24-5-10-36(71)40(15-24)85-29-20-32(44(61)38(73)21-29)48-57(80)65-47-26-16-41(84-28-7-2-22(3-8-28)12-34(53(76)66-48)63-54(45)77)52(75)42(17-26)86-39-11-6-25(14-33(39)60)51(74)50-58(81)67-49(59(82)83)31-18-27(69)19-37(72)43(31)30-13-23(4-9-35(30)70)46(55(78)68-50)64-56(47)79/h2-11,13-21,34,45-51,62,69-75H,12H2,1H3,(H,63,77)(H,64,79)(H,65,80)(H,66,76)(H,67,81)(H,68,78)(H,82,83)/t34?,45?,46?,47?,48?,49-,50?,51?/m1/s1. The fourth-order valence-electron chi connectivity index (χ4n) is 10.5. The molecule has 8 atom stereocenters. The number of carbonyl (C=O) groups excluding carboxylic acids is 6. The number of rotatable bonds is 2. The number of aromatic hydroxyl groups is 6. The SMILES string of the molecule is CNC1C(=O)NC2Cc3ccc(cc3)Oc3cc4cc(c3O)Oc3ccc(cc3Cl)C(O)C3NC(=O)C(NC(=O)C4NC(=O)C(NC2=O)c2cc(cc(O)c2Cl)Oc2cc1ccc2O)c1ccc(O)c(c1)-c1c(O)cc(O)cc1[C@H](C(=O)O)NC3=O. The van der Waals surface area contributed by atoms with Gasteiger partial charge < -0.3 is 92.3 Å². The van der Waals surface area contributed by atoms with Crippen LogP contribution in [0.3, 0.4) is 0 Å². The Hall–Kier alpha value is -10.5. The monoisotopic (exact) mass is 1210 g/mol. The molecule has 7 aromatic rings. The number of amides is 6. The van der Waals surface area contributed by atoms with Gasteiger partial charge in [0.25, 0.3) is 0 Å². The van der Waals surface area contributed by atoms with E-state index in [1.807, 2.05) is 0 Å². The van der Waals surface area contributed by atoms with Gasteiger partial charge in [0.05, 0.1) is 10.0 Å². The molecule has 27 heteroatoms. The maximum atomic E-state index is 15.7. The van der Waals surface area contributed by atoms with Crippen LogP contribution >= 0.6 is 23.2 Å². The van der Waals surface area contributed by atoms with Crippen molar-refractivity contribution in [3.63, 3.8) is 0 Å². The molecule has 6 aliphatic heterocycles. The lowest BCUT2D eigenvalue weighted by atomic mass is 9.89. The van der Waals surface area contributed by atoms with E-state index in [-0.39, 0.29) is 56.7 Å². The van der Waals surface area contributed by atoms with Crippen molar-refractivity contribution in [2.24, 2.45) is 0 Å². The third kappa shape index (κ3) is 10.9. The van der Waals surface area contributed by atoms with Crippen molar-refractivity contribution in [2.45, 2.75) is 54.8 Å². The predicted molar refractivity (Wildman–Crippen MR) is 300 cm³/mol. The van der Waals surface area contributed by atoms with Gasteiger partial charge in [-0.1, -0.05) is 53.5 Å². The van der Waals surface area contributed by atoms with Crippen LogP contribution < -0.4 is 51.4 Å². The Kier molecular flexibility index (Phi) is 15.1. The molecule has 6 heterocycles. The highest BCUT2D eigenvalue weighted by Gasteiger charge is 2.41. The van der Waals surface area contributed by atoms with Crippen molar-refractivity contribution >= 4 is 64.6 Å². The van der Waals surface area contributed by atoms with Crippen LogP contribution in [0.25, 0.3) is 11.1 Å². The summed E-state index contributed by atoms with van der Waals surface area (Å²) in [6.07, 6.45) is -2.38. The normalized spacial score (nSPS) is 21.9. The van der Waals surface area contributed by atoms with E-state index in [2.05, 4.69) is 37.2 Å². The Morgan fingerprint density at radius 1 is 0.523 bits per heavy atom. The van der Waals surface area contributed by atoms with Crippen molar-refractivity contribution in [3.05, 3.63) is 164 Å². The number of ether oxygens (including phenoxy) is 3. The lowest BCUT2D eigenvalue weighted by molar-refractivity contribution is -0.143. The van der Waals surface area contributed by atoms with Crippen LogP contribution in [0, 0.1) is 0 Å². The number of aliphatic hydroxyl groups is 1. The summed E-state index contributed by atoms with van der Waals surface area (Å²) in [5, 5.41) is 108. The fraction of sp³-hybridized carbons (Fsp3) is 0.169. The first-order valence-corrected chi connectivity index (χ1v) is 26.7. The molecule has 0 saturated carbocycles. The number of likely N-dealkylation sites (N-methyl/N-ethyl adjacent to an activating group) is 1. The zero-order valence-electron chi connectivity index (χ0n) is 44.2. The number of halogens is 2. The van der Waals surface area contributed by atoms with Gasteiger partial charge in [-0.15, -0.1) is 0 Å². The van der Waals surface area contributed by atoms with Crippen molar-refractivity contribution < 1.29 is 88.6 Å². The van der Waals surface area contributed by atoms with E-state index >= 15 is 14.4 Å². The highest BCUT2D eigenvalue weighted by Crippen LogP contribution is 2.48. The minimum Gasteiger partial charge on any atom is -0.508 e. The van der Waals surface area contributed by atoms with E-state index in [0.717, 1.165) is 60.7 Å². The second-order valence-electron chi connectivity index (χ2n) is 20.3. The number of hydrogen-bond donors (Lipinski definition) is 15. The number of benzene rings is 7. The van der Waals surface area contributed by atoms with Crippen molar-refractivity contribution in [2.75, 3.05) is 7.05 Å². The van der Waals surface area contributed by atoms with E-state index in [1.54, 1.807) is 0 Å². The molecule has 0 aliphatic carbocycles.